The molecule has 0 radical (unpaired) electrons. The maximum absolute atomic E-state index is 13.7. The molecule has 2 aromatic rings. The zero-order valence-corrected chi connectivity index (χ0v) is 13.0. The molecule has 1 heterocycles. The Balaban J connectivity index is 1.60. The molecule has 0 atom stereocenters. The van der Waals surface area contributed by atoms with Gasteiger partial charge in [0.2, 0.25) is 0 Å². The average molecular weight is 333 g/mol. The maximum Gasteiger partial charge on any atom is 0.269 e. The molecule has 5 nitrogen and oxygen atoms in total. The van der Waals surface area contributed by atoms with Crippen LogP contribution in [0.2, 0.25) is 0 Å². The summed E-state index contributed by atoms with van der Waals surface area (Å²) in [4.78, 5) is 14.4. The van der Waals surface area contributed by atoms with Gasteiger partial charge in [0, 0.05) is 56.1 Å². The molecular formula is C17H17F2N3O2. The quantitative estimate of drug-likeness (QED) is 0.637. The molecule has 0 amide bonds. The second-order valence-corrected chi connectivity index (χ2v) is 5.74. The van der Waals surface area contributed by atoms with Gasteiger partial charge >= 0.3 is 0 Å². The number of non-ortho nitro benzene ring substituents is 1. The molecule has 1 aliphatic heterocycles. The summed E-state index contributed by atoms with van der Waals surface area (Å²) in [5.74, 6) is -1.04. The van der Waals surface area contributed by atoms with Crippen LogP contribution in [0, 0.1) is 21.7 Å². The SMILES string of the molecule is O=[N+]([O-])c1ccc(N2CCN(Cc3c(F)cccc3F)CC2)cc1. The van der Waals surface area contributed by atoms with E-state index in [-0.39, 0.29) is 17.8 Å². The van der Waals surface area contributed by atoms with E-state index in [1.165, 1.54) is 30.3 Å². The molecular weight excluding hydrogens is 316 g/mol. The minimum atomic E-state index is -0.521. The van der Waals surface area contributed by atoms with Crippen molar-refractivity contribution in [3.8, 4) is 0 Å². The zero-order valence-electron chi connectivity index (χ0n) is 13.0. The highest BCUT2D eigenvalue weighted by molar-refractivity contribution is 5.51. The van der Waals surface area contributed by atoms with Gasteiger partial charge < -0.3 is 4.90 Å². The molecule has 1 saturated heterocycles. The van der Waals surface area contributed by atoms with Crippen LogP contribution in [0.25, 0.3) is 0 Å². The Bertz CT molecular complexity index is 709. The molecule has 7 heteroatoms. The first kappa shape index (κ1) is 16.3. The maximum atomic E-state index is 13.7. The van der Waals surface area contributed by atoms with Crippen LogP contribution in [0.15, 0.2) is 42.5 Å². The third-order valence-electron chi connectivity index (χ3n) is 4.24. The van der Waals surface area contributed by atoms with Gasteiger partial charge in [-0.15, -0.1) is 0 Å². The molecule has 2 aromatic carbocycles. The van der Waals surface area contributed by atoms with Crippen LogP contribution in [-0.4, -0.2) is 36.0 Å². The van der Waals surface area contributed by atoms with Crippen molar-refractivity contribution in [1.29, 1.82) is 0 Å². The summed E-state index contributed by atoms with van der Waals surface area (Å²) >= 11 is 0. The van der Waals surface area contributed by atoms with E-state index in [2.05, 4.69) is 4.90 Å². The molecule has 24 heavy (non-hydrogen) atoms. The van der Waals surface area contributed by atoms with Gasteiger partial charge in [-0.25, -0.2) is 8.78 Å². The van der Waals surface area contributed by atoms with Crippen LogP contribution in [0.1, 0.15) is 5.56 Å². The normalized spacial score (nSPS) is 15.5. The molecule has 3 rings (SSSR count). The van der Waals surface area contributed by atoms with E-state index >= 15 is 0 Å². The first-order valence-corrected chi connectivity index (χ1v) is 7.69. The number of hydrogen-bond donors (Lipinski definition) is 0. The molecule has 0 N–H and O–H groups in total. The molecule has 0 aliphatic carbocycles. The molecule has 0 bridgehead atoms. The second-order valence-electron chi connectivity index (χ2n) is 5.74. The average Bonchev–Trinajstić information content (AvgIpc) is 2.59. The number of piperazine rings is 1. The number of benzene rings is 2. The van der Waals surface area contributed by atoms with Crippen molar-refractivity contribution in [1.82, 2.24) is 4.90 Å². The van der Waals surface area contributed by atoms with Crippen LogP contribution >= 0.6 is 0 Å². The first-order chi connectivity index (χ1) is 11.5. The lowest BCUT2D eigenvalue weighted by atomic mass is 10.1. The highest BCUT2D eigenvalue weighted by Gasteiger charge is 2.20. The molecule has 126 valence electrons. The number of anilines is 1. The Morgan fingerprint density at radius 2 is 1.54 bits per heavy atom. The monoisotopic (exact) mass is 333 g/mol. The third kappa shape index (κ3) is 3.51. The zero-order chi connectivity index (χ0) is 17.1. The van der Waals surface area contributed by atoms with E-state index in [4.69, 9.17) is 0 Å². The molecule has 1 fully saturated rings. The van der Waals surface area contributed by atoms with Crippen molar-refractivity contribution >= 4 is 11.4 Å². The third-order valence-corrected chi connectivity index (χ3v) is 4.24. The summed E-state index contributed by atoms with van der Waals surface area (Å²) in [6.45, 7) is 2.99. The fourth-order valence-electron chi connectivity index (χ4n) is 2.86. The van der Waals surface area contributed by atoms with Gasteiger partial charge in [-0.1, -0.05) is 6.07 Å². The van der Waals surface area contributed by atoms with Crippen molar-refractivity contribution in [2.75, 3.05) is 31.1 Å². The van der Waals surface area contributed by atoms with Crippen molar-refractivity contribution in [3.05, 3.63) is 69.8 Å². The van der Waals surface area contributed by atoms with Crippen molar-refractivity contribution < 1.29 is 13.7 Å². The van der Waals surface area contributed by atoms with Gasteiger partial charge in [0.1, 0.15) is 11.6 Å². The van der Waals surface area contributed by atoms with Gasteiger partial charge in [-0.3, -0.25) is 15.0 Å². The predicted molar refractivity (Wildman–Crippen MR) is 86.9 cm³/mol. The van der Waals surface area contributed by atoms with Crippen molar-refractivity contribution in [3.63, 3.8) is 0 Å². The first-order valence-electron chi connectivity index (χ1n) is 7.69. The summed E-state index contributed by atoms with van der Waals surface area (Å²) in [6, 6.07) is 10.3. The lowest BCUT2D eigenvalue weighted by molar-refractivity contribution is -0.384. The number of rotatable bonds is 4. The smallest absolute Gasteiger partial charge is 0.269 e. The topological polar surface area (TPSA) is 49.6 Å². The fraction of sp³-hybridized carbons (Fsp3) is 0.294. The van der Waals surface area contributed by atoms with Crippen LogP contribution in [0.4, 0.5) is 20.2 Å². The van der Waals surface area contributed by atoms with E-state index in [0.717, 1.165) is 5.69 Å². The number of nitro benzene ring substituents is 1. The molecule has 0 unspecified atom stereocenters. The van der Waals surface area contributed by atoms with Gasteiger partial charge in [0.15, 0.2) is 0 Å². The van der Waals surface area contributed by atoms with E-state index in [1.54, 1.807) is 12.1 Å². The molecule has 0 aromatic heterocycles. The van der Waals surface area contributed by atoms with Gasteiger partial charge in [-0.2, -0.15) is 0 Å². The highest BCUT2D eigenvalue weighted by atomic mass is 19.1. The number of nitrogens with zero attached hydrogens (tertiary/aromatic N) is 3. The Morgan fingerprint density at radius 3 is 2.08 bits per heavy atom. The molecule has 0 saturated carbocycles. The minimum Gasteiger partial charge on any atom is -0.369 e. The predicted octanol–water partition coefficient (Wildman–Crippen LogP) is 3.20. The summed E-state index contributed by atoms with van der Waals surface area (Å²) in [6.07, 6.45) is 0. The Labute approximate surface area is 138 Å². The van der Waals surface area contributed by atoms with Crippen molar-refractivity contribution in [2.24, 2.45) is 0 Å². The molecule has 0 spiro atoms. The van der Waals surface area contributed by atoms with Gasteiger partial charge in [-0.05, 0) is 24.3 Å². The largest absolute Gasteiger partial charge is 0.369 e. The van der Waals surface area contributed by atoms with E-state index < -0.39 is 16.6 Å². The Hall–Kier alpha value is -2.54. The Kier molecular flexibility index (Phi) is 4.71. The Morgan fingerprint density at radius 1 is 0.958 bits per heavy atom. The van der Waals surface area contributed by atoms with E-state index in [1.807, 2.05) is 4.90 Å². The van der Waals surface area contributed by atoms with E-state index in [9.17, 15) is 18.9 Å². The summed E-state index contributed by atoms with van der Waals surface area (Å²) < 4.78 is 27.4. The van der Waals surface area contributed by atoms with Crippen LogP contribution in [-0.2, 0) is 6.54 Å². The van der Waals surface area contributed by atoms with Crippen LogP contribution in [0.5, 0.6) is 0 Å². The standard InChI is InChI=1S/C17H17F2N3O2/c18-16-2-1-3-17(19)15(16)12-20-8-10-21(11-9-20)13-4-6-14(7-5-13)22(23)24/h1-7H,8-12H2. The highest BCUT2D eigenvalue weighted by Crippen LogP contribution is 2.22. The fourth-order valence-corrected chi connectivity index (χ4v) is 2.86. The summed E-state index contributed by atoms with van der Waals surface area (Å²) in [7, 11) is 0. The summed E-state index contributed by atoms with van der Waals surface area (Å²) in [5.41, 5.74) is 1.08. The minimum absolute atomic E-state index is 0.0624. The molecule has 1 aliphatic rings. The van der Waals surface area contributed by atoms with Crippen molar-refractivity contribution in [2.45, 2.75) is 6.54 Å². The number of halogens is 2. The van der Waals surface area contributed by atoms with Crippen LogP contribution < -0.4 is 4.90 Å². The second kappa shape index (κ2) is 6.92. The van der Waals surface area contributed by atoms with E-state index in [0.29, 0.717) is 26.2 Å². The van der Waals surface area contributed by atoms with Crippen LogP contribution in [0.3, 0.4) is 0 Å². The van der Waals surface area contributed by atoms with Gasteiger partial charge in [0.25, 0.3) is 5.69 Å². The summed E-state index contributed by atoms with van der Waals surface area (Å²) in [5, 5.41) is 10.7. The number of hydrogen-bond acceptors (Lipinski definition) is 4. The lowest BCUT2D eigenvalue weighted by Gasteiger charge is -2.36. The lowest BCUT2D eigenvalue weighted by Crippen LogP contribution is -2.46. The van der Waals surface area contributed by atoms with Gasteiger partial charge in [0.05, 0.1) is 4.92 Å². The number of nitro groups is 1.